The number of guanidine groups is 1. The molecule has 1 aliphatic carbocycles. The predicted octanol–water partition coefficient (Wildman–Crippen LogP) is 3.54. The average Bonchev–Trinajstić information content (AvgIpc) is 2.58. The molecule has 1 aliphatic rings. The minimum Gasteiger partial charge on any atom is -0.393 e. The third-order valence-corrected chi connectivity index (χ3v) is 5.09. The molecule has 0 aliphatic heterocycles. The van der Waals surface area contributed by atoms with Crippen LogP contribution in [-0.4, -0.2) is 42.1 Å². The Kier molecular flexibility index (Phi) is 11.5. The predicted molar refractivity (Wildman–Crippen MR) is 115 cm³/mol. The van der Waals surface area contributed by atoms with Crippen molar-refractivity contribution < 1.29 is 9.50 Å². The molecular weight excluding hydrogens is 452 g/mol. The summed E-state index contributed by atoms with van der Waals surface area (Å²) in [6, 6.07) is 7.30. The van der Waals surface area contributed by atoms with E-state index in [2.05, 4.69) is 22.5 Å². The standard InChI is InChI=1S/C18H28FN3OS.HI/c1-2-20-18(22-15-7-9-16(23)10-8-15)21-11-12-24-13-14-5-3-4-6-17(14)19;/h3-6,15-16,23H,2,7-13H2,1H3,(H2,20,21,22);1H. The van der Waals surface area contributed by atoms with Crippen LogP contribution in [0.5, 0.6) is 0 Å². The van der Waals surface area contributed by atoms with E-state index in [0.29, 0.717) is 18.3 Å². The van der Waals surface area contributed by atoms with E-state index in [1.165, 1.54) is 6.07 Å². The number of nitrogens with zero attached hydrogens (tertiary/aromatic N) is 1. The van der Waals surface area contributed by atoms with Crippen molar-refractivity contribution in [2.24, 2.45) is 4.99 Å². The van der Waals surface area contributed by atoms with Crippen LogP contribution in [0.3, 0.4) is 0 Å². The van der Waals surface area contributed by atoms with Gasteiger partial charge in [-0.1, -0.05) is 18.2 Å². The molecule has 0 bridgehead atoms. The van der Waals surface area contributed by atoms with Crippen LogP contribution in [-0.2, 0) is 5.75 Å². The summed E-state index contributed by atoms with van der Waals surface area (Å²) in [5, 5.41) is 16.3. The number of rotatable bonds is 7. The quantitative estimate of drug-likeness (QED) is 0.242. The lowest BCUT2D eigenvalue weighted by Gasteiger charge is -2.27. The van der Waals surface area contributed by atoms with Gasteiger partial charge in [0.15, 0.2) is 5.96 Å². The zero-order valence-electron chi connectivity index (χ0n) is 14.7. The lowest BCUT2D eigenvalue weighted by Crippen LogP contribution is -2.45. The molecule has 1 aromatic carbocycles. The van der Waals surface area contributed by atoms with Crippen LogP contribution in [0.15, 0.2) is 29.3 Å². The highest BCUT2D eigenvalue weighted by Crippen LogP contribution is 2.18. The highest BCUT2D eigenvalue weighted by molar-refractivity contribution is 14.0. The highest BCUT2D eigenvalue weighted by atomic mass is 127. The number of aliphatic hydroxyl groups excluding tert-OH is 1. The summed E-state index contributed by atoms with van der Waals surface area (Å²) in [5.74, 6) is 2.23. The summed E-state index contributed by atoms with van der Waals surface area (Å²) in [4.78, 5) is 4.60. The second kappa shape index (κ2) is 12.8. The van der Waals surface area contributed by atoms with Gasteiger partial charge in [-0.15, -0.1) is 24.0 Å². The Morgan fingerprint density at radius 1 is 1.28 bits per heavy atom. The third-order valence-electron chi connectivity index (χ3n) is 4.10. The maximum atomic E-state index is 13.5. The second-order valence-corrected chi connectivity index (χ2v) is 7.16. The molecule has 7 heteroatoms. The Bertz CT molecular complexity index is 525. The molecule has 0 aromatic heterocycles. The van der Waals surface area contributed by atoms with Crippen molar-refractivity contribution in [2.75, 3.05) is 18.8 Å². The Labute approximate surface area is 171 Å². The van der Waals surface area contributed by atoms with Gasteiger partial charge in [0.1, 0.15) is 5.82 Å². The van der Waals surface area contributed by atoms with Crippen molar-refractivity contribution >= 4 is 41.7 Å². The van der Waals surface area contributed by atoms with Crippen molar-refractivity contribution in [3.05, 3.63) is 35.6 Å². The first kappa shape index (κ1) is 22.5. The fourth-order valence-corrected chi connectivity index (χ4v) is 3.57. The molecule has 0 saturated heterocycles. The largest absolute Gasteiger partial charge is 0.393 e. The number of halogens is 2. The zero-order valence-corrected chi connectivity index (χ0v) is 17.9. The van der Waals surface area contributed by atoms with Crippen LogP contribution in [0.2, 0.25) is 0 Å². The van der Waals surface area contributed by atoms with Crippen molar-refractivity contribution in [1.82, 2.24) is 10.6 Å². The molecule has 0 radical (unpaired) electrons. The van der Waals surface area contributed by atoms with Gasteiger partial charge in [0.25, 0.3) is 0 Å². The zero-order chi connectivity index (χ0) is 17.2. The Morgan fingerprint density at radius 3 is 2.68 bits per heavy atom. The average molecular weight is 481 g/mol. The van der Waals surface area contributed by atoms with E-state index in [-0.39, 0.29) is 35.9 Å². The molecule has 0 amide bonds. The van der Waals surface area contributed by atoms with E-state index in [1.54, 1.807) is 17.8 Å². The van der Waals surface area contributed by atoms with Gasteiger partial charge in [-0.05, 0) is 44.2 Å². The summed E-state index contributed by atoms with van der Waals surface area (Å²) < 4.78 is 13.5. The van der Waals surface area contributed by atoms with Gasteiger partial charge < -0.3 is 15.7 Å². The first-order valence-electron chi connectivity index (χ1n) is 8.73. The highest BCUT2D eigenvalue weighted by Gasteiger charge is 2.19. The van der Waals surface area contributed by atoms with Gasteiger partial charge in [-0.25, -0.2) is 4.39 Å². The van der Waals surface area contributed by atoms with E-state index in [9.17, 15) is 9.50 Å². The van der Waals surface area contributed by atoms with E-state index in [1.807, 2.05) is 12.1 Å². The number of benzene rings is 1. The van der Waals surface area contributed by atoms with Crippen LogP contribution in [0.1, 0.15) is 38.2 Å². The van der Waals surface area contributed by atoms with E-state index in [4.69, 9.17) is 0 Å². The van der Waals surface area contributed by atoms with Gasteiger partial charge in [-0.3, -0.25) is 4.99 Å². The molecular formula is C18H29FIN3OS. The number of hydrogen-bond donors (Lipinski definition) is 3. The topological polar surface area (TPSA) is 56.7 Å². The fraction of sp³-hybridized carbons (Fsp3) is 0.611. The molecule has 1 fully saturated rings. The van der Waals surface area contributed by atoms with E-state index in [0.717, 1.165) is 49.5 Å². The summed E-state index contributed by atoms with van der Waals surface area (Å²) >= 11 is 1.69. The number of nitrogens with one attached hydrogen (secondary N) is 2. The lowest BCUT2D eigenvalue weighted by molar-refractivity contribution is 0.120. The molecule has 0 atom stereocenters. The van der Waals surface area contributed by atoms with Gasteiger partial charge in [0.05, 0.1) is 12.6 Å². The Hall–Kier alpha value is -0.540. The van der Waals surface area contributed by atoms with Crippen LogP contribution < -0.4 is 10.6 Å². The van der Waals surface area contributed by atoms with Crippen LogP contribution in [0, 0.1) is 5.82 Å². The lowest BCUT2D eigenvalue weighted by atomic mass is 9.93. The Balaban J connectivity index is 0.00000312. The van der Waals surface area contributed by atoms with E-state index >= 15 is 0 Å². The van der Waals surface area contributed by atoms with Gasteiger partial charge in [0, 0.05) is 24.1 Å². The third kappa shape index (κ3) is 8.59. The van der Waals surface area contributed by atoms with Crippen molar-refractivity contribution in [1.29, 1.82) is 0 Å². The number of hydrogen-bond acceptors (Lipinski definition) is 3. The van der Waals surface area contributed by atoms with Gasteiger partial charge in [-0.2, -0.15) is 11.8 Å². The maximum absolute atomic E-state index is 13.5. The van der Waals surface area contributed by atoms with E-state index < -0.39 is 0 Å². The monoisotopic (exact) mass is 481 g/mol. The van der Waals surface area contributed by atoms with Crippen LogP contribution in [0.25, 0.3) is 0 Å². The number of thioether (sulfide) groups is 1. The molecule has 25 heavy (non-hydrogen) atoms. The smallest absolute Gasteiger partial charge is 0.191 e. The van der Waals surface area contributed by atoms with Crippen molar-refractivity contribution in [3.63, 3.8) is 0 Å². The Morgan fingerprint density at radius 2 is 2.00 bits per heavy atom. The van der Waals surface area contributed by atoms with Gasteiger partial charge in [0.2, 0.25) is 0 Å². The number of aliphatic hydroxyl groups is 1. The first-order valence-corrected chi connectivity index (χ1v) is 9.88. The normalized spacial score (nSPS) is 20.7. The molecule has 2 rings (SSSR count). The van der Waals surface area contributed by atoms with Crippen molar-refractivity contribution in [2.45, 2.75) is 50.5 Å². The summed E-state index contributed by atoms with van der Waals surface area (Å²) in [5.41, 5.74) is 0.747. The summed E-state index contributed by atoms with van der Waals surface area (Å²) in [6.45, 7) is 3.57. The van der Waals surface area contributed by atoms with Crippen LogP contribution in [0.4, 0.5) is 4.39 Å². The van der Waals surface area contributed by atoms with Crippen molar-refractivity contribution in [3.8, 4) is 0 Å². The molecule has 0 heterocycles. The number of aliphatic imine (C=N–C) groups is 1. The minimum absolute atomic E-state index is 0. The molecule has 0 unspecified atom stereocenters. The summed E-state index contributed by atoms with van der Waals surface area (Å²) in [7, 11) is 0. The molecule has 0 spiro atoms. The first-order chi connectivity index (χ1) is 11.7. The van der Waals surface area contributed by atoms with Gasteiger partial charge >= 0.3 is 0 Å². The van der Waals surface area contributed by atoms with Crippen LogP contribution >= 0.6 is 35.7 Å². The SMILES string of the molecule is CCNC(=NCCSCc1ccccc1F)NC1CCC(O)CC1.I. The summed E-state index contributed by atoms with van der Waals surface area (Å²) in [6.07, 6.45) is 3.53. The molecule has 4 nitrogen and oxygen atoms in total. The second-order valence-electron chi connectivity index (χ2n) is 6.05. The molecule has 1 aromatic rings. The minimum atomic E-state index is -0.141. The fourth-order valence-electron chi connectivity index (χ4n) is 2.75. The molecule has 142 valence electrons. The molecule has 1 saturated carbocycles. The maximum Gasteiger partial charge on any atom is 0.191 e. The molecule has 3 N–H and O–H groups in total.